The van der Waals surface area contributed by atoms with Crippen molar-refractivity contribution >= 4 is 6.09 Å². The second-order valence-electron chi connectivity index (χ2n) is 7.61. The lowest BCUT2D eigenvalue weighted by molar-refractivity contribution is -0.0141. The van der Waals surface area contributed by atoms with Crippen LogP contribution in [0.25, 0.3) is 0 Å². The molecule has 1 aromatic heterocycles. The van der Waals surface area contributed by atoms with E-state index in [0.717, 1.165) is 18.4 Å². The highest BCUT2D eigenvalue weighted by molar-refractivity contribution is 5.69. The van der Waals surface area contributed by atoms with E-state index in [9.17, 15) is 9.18 Å². The number of alkyl halides is 1. The molecule has 0 saturated carbocycles. The van der Waals surface area contributed by atoms with E-state index in [1.807, 2.05) is 26.8 Å². The molecule has 0 radical (unpaired) electrons. The van der Waals surface area contributed by atoms with Crippen LogP contribution < -0.4 is 4.74 Å². The van der Waals surface area contributed by atoms with Crippen LogP contribution in [0.15, 0.2) is 18.5 Å². The van der Waals surface area contributed by atoms with Crippen LogP contribution in [0.4, 0.5) is 9.18 Å². The fourth-order valence-corrected chi connectivity index (χ4v) is 2.70. The highest BCUT2D eigenvalue weighted by atomic mass is 19.1. The zero-order valence-corrected chi connectivity index (χ0v) is 15.6. The first-order chi connectivity index (χ1) is 11.8. The summed E-state index contributed by atoms with van der Waals surface area (Å²) in [5, 5.41) is 0. The summed E-state index contributed by atoms with van der Waals surface area (Å²) in [4.78, 5) is 18.0. The van der Waals surface area contributed by atoms with E-state index >= 15 is 0 Å². The maximum Gasteiger partial charge on any atom is 0.410 e. The average molecular weight is 352 g/mol. The number of hydrogen-bond donors (Lipinski definition) is 0. The van der Waals surface area contributed by atoms with Gasteiger partial charge in [0.15, 0.2) is 0 Å². The lowest BCUT2D eigenvalue weighted by Crippen LogP contribution is -2.55. The Morgan fingerprint density at radius 3 is 2.80 bits per heavy atom. The molecule has 5 nitrogen and oxygen atoms in total. The monoisotopic (exact) mass is 352 g/mol. The number of likely N-dealkylation sites (tertiary alicyclic amines) is 1. The molecule has 25 heavy (non-hydrogen) atoms. The summed E-state index contributed by atoms with van der Waals surface area (Å²) >= 11 is 0. The summed E-state index contributed by atoms with van der Waals surface area (Å²) in [6, 6.07) is 1.98. The van der Waals surface area contributed by atoms with Gasteiger partial charge < -0.3 is 14.4 Å². The van der Waals surface area contributed by atoms with Gasteiger partial charge in [-0.15, -0.1) is 0 Å². The van der Waals surface area contributed by atoms with Crippen molar-refractivity contribution < 1.29 is 18.7 Å². The molecule has 1 saturated heterocycles. The average Bonchev–Trinajstić information content (AvgIpc) is 2.50. The minimum atomic E-state index is -0.494. The largest absolute Gasteiger partial charge is 0.490 e. The van der Waals surface area contributed by atoms with Crippen molar-refractivity contribution in [2.24, 2.45) is 0 Å². The zero-order valence-electron chi connectivity index (χ0n) is 15.6. The third kappa shape index (κ3) is 5.87. The molecule has 6 heteroatoms. The van der Waals surface area contributed by atoms with Crippen LogP contribution in [-0.2, 0) is 4.74 Å². The minimum Gasteiger partial charge on any atom is -0.490 e. The van der Waals surface area contributed by atoms with Crippen molar-refractivity contribution in [1.29, 1.82) is 0 Å². The van der Waals surface area contributed by atoms with Crippen LogP contribution in [0, 0.1) is 0 Å². The molecular weight excluding hydrogens is 323 g/mol. The van der Waals surface area contributed by atoms with Crippen molar-refractivity contribution in [2.45, 2.75) is 64.5 Å². The van der Waals surface area contributed by atoms with E-state index in [1.165, 1.54) is 0 Å². The summed E-state index contributed by atoms with van der Waals surface area (Å²) in [6.45, 7) is 8.46. The Morgan fingerprint density at radius 1 is 1.44 bits per heavy atom. The molecule has 1 aliphatic heterocycles. The van der Waals surface area contributed by atoms with Gasteiger partial charge in [-0.3, -0.25) is 9.37 Å². The number of aromatic nitrogens is 1. The van der Waals surface area contributed by atoms with Gasteiger partial charge in [-0.05, 0) is 57.6 Å². The molecule has 1 aromatic rings. The number of rotatable bonds is 7. The Labute approximate surface area is 149 Å². The van der Waals surface area contributed by atoms with E-state index in [2.05, 4.69) is 11.9 Å². The van der Waals surface area contributed by atoms with Gasteiger partial charge in [0.25, 0.3) is 0 Å². The number of halogens is 1. The first-order valence-corrected chi connectivity index (χ1v) is 8.93. The van der Waals surface area contributed by atoms with Gasteiger partial charge in [-0.25, -0.2) is 4.79 Å². The molecule has 0 bridgehead atoms. The zero-order chi connectivity index (χ0) is 18.4. The van der Waals surface area contributed by atoms with Gasteiger partial charge in [0.05, 0.1) is 18.9 Å². The Balaban J connectivity index is 1.86. The standard InChI is InChI=1S/C19H29FN2O3/c1-14(6-5-8-20)15-10-17(12-21-11-15)24-13-16-7-9-22(16)18(23)25-19(2,3)4/h10-12,14,16H,5-9,13H2,1-4H3. The predicted molar refractivity (Wildman–Crippen MR) is 94.7 cm³/mol. The Hall–Kier alpha value is -1.85. The van der Waals surface area contributed by atoms with Crippen LogP contribution in [-0.4, -0.2) is 47.4 Å². The molecule has 0 N–H and O–H groups in total. The molecule has 140 valence electrons. The predicted octanol–water partition coefficient (Wildman–Crippen LogP) is 4.32. The first kappa shape index (κ1) is 19.5. The maximum atomic E-state index is 12.3. The maximum absolute atomic E-state index is 12.3. The lowest BCUT2D eigenvalue weighted by Gasteiger charge is -2.41. The van der Waals surface area contributed by atoms with E-state index in [4.69, 9.17) is 9.47 Å². The van der Waals surface area contributed by atoms with Crippen molar-refractivity contribution in [2.75, 3.05) is 19.8 Å². The van der Waals surface area contributed by atoms with Gasteiger partial charge in [0.1, 0.15) is 18.0 Å². The first-order valence-electron chi connectivity index (χ1n) is 8.93. The number of ether oxygens (including phenoxy) is 2. The fraction of sp³-hybridized carbons (Fsp3) is 0.684. The summed E-state index contributed by atoms with van der Waals surface area (Å²) in [5.41, 5.74) is 0.551. The van der Waals surface area contributed by atoms with E-state index in [1.54, 1.807) is 17.3 Å². The topological polar surface area (TPSA) is 51.7 Å². The molecule has 1 amide bonds. The van der Waals surface area contributed by atoms with Crippen molar-refractivity contribution in [3.05, 3.63) is 24.0 Å². The molecule has 1 fully saturated rings. The molecule has 1 aliphatic rings. The van der Waals surface area contributed by atoms with E-state index in [0.29, 0.717) is 25.3 Å². The number of hydrogen-bond acceptors (Lipinski definition) is 4. The van der Waals surface area contributed by atoms with Gasteiger partial charge >= 0.3 is 6.09 Å². The summed E-state index contributed by atoms with van der Waals surface area (Å²) in [7, 11) is 0. The van der Waals surface area contributed by atoms with Crippen LogP contribution in [0.3, 0.4) is 0 Å². The number of carbonyl (C=O) groups is 1. The van der Waals surface area contributed by atoms with Crippen molar-refractivity contribution in [3.8, 4) is 5.75 Å². The molecule has 0 spiro atoms. The number of amides is 1. The Bertz CT molecular complexity index is 574. The fourth-order valence-electron chi connectivity index (χ4n) is 2.70. The molecule has 2 rings (SSSR count). The highest BCUT2D eigenvalue weighted by Crippen LogP contribution is 2.25. The summed E-state index contributed by atoms with van der Waals surface area (Å²) < 4.78 is 23.6. The number of carbonyl (C=O) groups excluding carboxylic acids is 1. The molecule has 2 unspecified atom stereocenters. The van der Waals surface area contributed by atoms with Crippen molar-refractivity contribution in [1.82, 2.24) is 9.88 Å². The minimum absolute atomic E-state index is 0.0301. The number of pyridine rings is 1. The second kappa shape index (κ2) is 8.50. The molecule has 0 aliphatic carbocycles. The van der Waals surface area contributed by atoms with Crippen molar-refractivity contribution in [3.63, 3.8) is 0 Å². The molecule has 0 aromatic carbocycles. The van der Waals surface area contributed by atoms with Crippen LogP contribution in [0.1, 0.15) is 58.4 Å². The third-order valence-corrected chi connectivity index (χ3v) is 4.29. The van der Waals surface area contributed by atoms with Gasteiger partial charge in [-0.1, -0.05) is 6.92 Å². The highest BCUT2D eigenvalue weighted by Gasteiger charge is 2.35. The van der Waals surface area contributed by atoms with Gasteiger partial charge in [0, 0.05) is 12.7 Å². The van der Waals surface area contributed by atoms with Crippen LogP contribution in [0.5, 0.6) is 5.75 Å². The molecular formula is C19H29FN2O3. The molecule has 2 atom stereocenters. The SMILES string of the molecule is CC(CCCF)c1cncc(OCC2CCN2C(=O)OC(C)(C)C)c1. The van der Waals surface area contributed by atoms with Crippen LogP contribution >= 0.6 is 0 Å². The van der Waals surface area contributed by atoms with Gasteiger partial charge in [0.2, 0.25) is 0 Å². The van der Waals surface area contributed by atoms with E-state index in [-0.39, 0.29) is 24.7 Å². The summed E-state index contributed by atoms with van der Waals surface area (Å²) in [5.74, 6) is 0.925. The second-order valence-corrected chi connectivity index (χ2v) is 7.61. The quantitative estimate of drug-likeness (QED) is 0.733. The lowest BCUT2D eigenvalue weighted by atomic mass is 9.98. The summed E-state index contributed by atoms with van der Waals surface area (Å²) in [6.07, 6.45) is 5.42. The number of nitrogens with zero attached hydrogens (tertiary/aromatic N) is 2. The molecule has 2 heterocycles. The van der Waals surface area contributed by atoms with Gasteiger partial charge in [-0.2, -0.15) is 0 Å². The third-order valence-electron chi connectivity index (χ3n) is 4.29. The Morgan fingerprint density at radius 2 is 2.20 bits per heavy atom. The van der Waals surface area contributed by atoms with Crippen LogP contribution in [0.2, 0.25) is 0 Å². The smallest absolute Gasteiger partial charge is 0.410 e. The normalized spacial score (nSPS) is 18.4. The Kier molecular flexibility index (Phi) is 6.62. The van der Waals surface area contributed by atoms with E-state index < -0.39 is 5.60 Å².